The fourth-order valence-electron chi connectivity index (χ4n) is 3.01. The maximum absolute atomic E-state index is 12.8. The lowest BCUT2D eigenvalue weighted by molar-refractivity contribution is -0.137. The number of benzene rings is 3. The number of hydrogen-bond acceptors (Lipinski definition) is 4. The monoisotopic (exact) mass is 439 g/mol. The van der Waals surface area contributed by atoms with E-state index in [1.54, 1.807) is 6.07 Å². The van der Waals surface area contributed by atoms with Crippen LogP contribution in [-0.2, 0) is 11.0 Å². The largest absolute Gasteiger partial charge is 0.416 e. The minimum atomic E-state index is -4.46. The molecule has 0 saturated carbocycles. The summed E-state index contributed by atoms with van der Waals surface area (Å²) in [7, 11) is 0. The lowest BCUT2D eigenvalue weighted by Crippen LogP contribution is -2.15. The van der Waals surface area contributed by atoms with Crippen molar-refractivity contribution in [1.82, 2.24) is 10.2 Å². The number of nitrogens with zero attached hydrogens (tertiary/aromatic N) is 2. The Bertz CT molecular complexity index is 1230. The predicted octanol–water partition coefficient (Wildman–Crippen LogP) is 6.05. The van der Waals surface area contributed by atoms with Crippen LogP contribution in [0, 0.1) is 0 Å². The molecule has 0 unspecified atom stereocenters. The molecule has 0 spiro atoms. The number of nitrogens with one attached hydrogen (secondary N) is 1. The highest BCUT2D eigenvalue weighted by Gasteiger charge is 2.30. The second-order valence-electron chi connectivity index (χ2n) is 6.73. The average Bonchev–Trinajstić information content (AvgIpc) is 2.77. The number of thioether (sulfide) groups is 1. The van der Waals surface area contributed by atoms with Gasteiger partial charge in [-0.2, -0.15) is 13.2 Å². The van der Waals surface area contributed by atoms with E-state index in [9.17, 15) is 18.0 Å². The Kier molecular flexibility index (Phi) is 5.90. The average molecular weight is 439 g/mol. The van der Waals surface area contributed by atoms with Gasteiger partial charge in [0, 0.05) is 11.3 Å². The summed E-state index contributed by atoms with van der Waals surface area (Å²) in [6, 6.07) is 22.2. The molecule has 3 aromatic carbocycles. The van der Waals surface area contributed by atoms with Gasteiger partial charge in [-0.05, 0) is 47.2 Å². The molecule has 4 aromatic rings. The predicted molar refractivity (Wildman–Crippen MR) is 116 cm³/mol. The summed E-state index contributed by atoms with van der Waals surface area (Å²) in [6.45, 7) is 0. The first kappa shape index (κ1) is 20.9. The Labute approximate surface area is 180 Å². The fraction of sp³-hybridized carbons (Fsp3) is 0.0870. The highest BCUT2D eigenvalue weighted by Crippen LogP contribution is 2.30. The zero-order chi connectivity index (χ0) is 21.8. The summed E-state index contributed by atoms with van der Waals surface area (Å²) in [5.74, 6) is -0.426. The maximum Gasteiger partial charge on any atom is 0.416 e. The quantitative estimate of drug-likeness (QED) is 0.385. The van der Waals surface area contributed by atoms with Gasteiger partial charge in [-0.3, -0.25) is 4.79 Å². The van der Waals surface area contributed by atoms with Gasteiger partial charge in [0.15, 0.2) is 0 Å². The van der Waals surface area contributed by atoms with Crippen LogP contribution >= 0.6 is 11.8 Å². The summed E-state index contributed by atoms with van der Waals surface area (Å²) in [4.78, 5) is 12.1. The highest BCUT2D eigenvalue weighted by molar-refractivity contribution is 7.99. The van der Waals surface area contributed by atoms with Gasteiger partial charge in [0.05, 0.1) is 17.0 Å². The first-order valence-corrected chi connectivity index (χ1v) is 10.3. The van der Waals surface area contributed by atoms with Crippen LogP contribution in [0.4, 0.5) is 18.9 Å². The van der Waals surface area contributed by atoms with Gasteiger partial charge in [0.1, 0.15) is 5.03 Å². The molecule has 0 aliphatic heterocycles. The Morgan fingerprint density at radius 3 is 2.42 bits per heavy atom. The van der Waals surface area contributed by atoms with E-state index in [1.807, 2.05) is 48.5 Å². The normalized spacial score (nSPS) is 11.5. The third-order valence-corrected chi connectivity index (χ3v) is 5.43. The van der Waals surface area contributed by atoms with E-state index in [1.165, 1.54) is 12.1 Å². The molecule has 0 bridgehead atoms. The third kappa shape index (κ3) is 5.21. The van der Waals surface area contributed by atoms with Crippen LogP contribution < -0.4 is 5.32 Å². The number of carbonyl (C=O) groups is 1. The second kappa shape index (κ2) is 8.77. The number of hydrogen-bond donors (Lipinski definition) is 1. The number of halogens is 3. The molecule has 1 N–H and O–H groups in total. The van der Waals surface area contributed by atoms with Gasteiger partial charge in [0.25, 0.3) is 0 Å². The fourth-order valence-corrected chi connectivity index (χ4v) is 3.62. The van der Waals surface area contributed by atoms with Crippen molar-refractivity contribution < 1.29 is 18.0 Å². The molecule has 31 heavy (non-hydrogen) atoms. The van der Waals surface area contributed by atoms with Crippen molar-refractivity contribution in [3.63, 3.8) is 0 Å². The van der Waals surface area contributed by atoms with Crippen LogP contribution in [0.2, 0.25) is 0 Å². The summed E-state index contributed by atoms with van der Waals surface area (Å²) in [5.41, 5.74) is 0.930. The second-order valence-corrected chi connectivity index (χ2v) is 7.73. The van der Waals surface area contributed by atoms with Crippen molar-refractivity contribution in [2.45, 2.75) is 11.2 Å². The van der Waals surface area contributed by atoms with Gasteiger partial charge >= 0.3 is 6.18 Å². The van der Waals surface area contributed by atoms with Crippen LogP contribution in [0.3, 0.4) is 0 Å². The molecule has 0 aliphatic rings. The van der Waals surface area contributed by atoms with E-state index in [4.69, 9.17) is 0 Å². The summed E-state index contributed by atoms with van der Waals surface area (Å²) in [5, 5.41) is 13.6. The number of aromatic nitrogens is 2. The third-order valence-electron chi connectivity index (χ3n) is 4.51. The molecule has 0 atom stereocenters. The Morgan fingerprint density at radius 2 is 1.68 bits per heavy atom. The summed E-state index contributed by atoms with van der Waals surface area (Å²) < 4.78 is 38.3. The first-order chi connectivity index (χ1) is 14.9. The van der Waals surface area contributed by atoms with Crippen molar-refractivity contribution in [2.75, 3.05) is 11.1 Å². The number of amides is 1. The molecular formula is C23H16F3N3OS. The van der Waals surface area contributed by atoms with E-state index in [0.29, 0.717) is 10.7 Å². The van der Waals surface area contributed by atoms with E-state index < -0.39 is 17.6 Å². The zero-order valence-corrected chi connectivity index (χ0v) is 16.9. The standard InChI is InChI=1S/C23H16F3N3OS/c24-23(25,26)18-6-3-7-19(13-18)27-21(30)14-31-22-11-10-20(28-29-22)17-9-8-15-4-1-2-5-16(15)12-17/h1-13H,14H2,(H,27,30). The molecule has 4 nitrogen and oxygen atoms in total. The molecule has 1 heterocycles. The minimum Gasteiger partial charge on any atom is -0.325 e. The van der Waals surface area contributed by atoms with E-state index in [2.05, 4.69) is 15.5 Å². The Hall–Kier alpha value is -3.39. The molecule has 1 amide bonds. The van der Waals surface area contributed by atoms with Crippen molar-refractivity contribution in [3.05, 3.63) is 84.4 Å². The van der Waals surface area contributed by atoms with E-state index in [0.717, 1.165) is 40.2 Å². The van der Waals surface area contributed by atoms with Crippen LogP contribution in [-0.4, -0.2) is 21.9 Å². The molecule has 1 aromatic heterocycles. The zero-order valence-electron chi connectivity index (χ0n) is 16.1. The number of fused-ring (bicyclic) bond motifs is 1. The van der Waals surface area contributed by atoms with Gasteiger partial charge in [-0.1, -0.05) is 54.2 Å². The molecular weight excluding hydrogens is 423 g/mol. The number of anilines is 1. The van der Waals surface area contributed by atoms with E-state index in [-0.39, 0.29) is 11.4 Å². The van der Waals surface area contributed by atoms with Crippen LogP contribution in [0.1, 0.15) is 5.56 Å². The van der Waals surface area contributed by atoms with Crippen LogP contribution in [0.15, 0.2) is 83.9 Å². The van der Waals surface area contributed by atoms with Gasteiger partial charge in [-0.15, -0.1) is 10.2 Å². The van der Waals surface area contributed by atoms with Crippen molar-refractivity contribution in [2.24, 2.45) is 0 Å². The lowest BCUT2D eigenvalue weighted by atomic mass is 10.1. The summed E-state index contributed by atoms with van der Waals surface area (Å²) in [6.07, 6.45) is -4.46. The summed E-state index contributed by atoms with van der Waals surface area (Å²) >= 11 is 1.16. The molecule has 156 valence electrons. The molecule has 8 heteroatoms. The molecule has 0 aliphatic carbocycles. The maximum atomic E-state index is 12.8. The SMILES string of the molecule is O=C(CSc1ccc(-c2ccc3ccccc3c2)nn1)Nc1cccc(C(F)(F)F)c1. The first-order valence-electron chi connectivity index (χ1n) is 9.31. The molecule has 0 radical (unpaired) electrons. The Morgan fingerprint density at radius 1 is 0.871 bits per heavy atom. The van der Waals surface area contributed by atoms with Crippen molar-refractivity contribution in [1.29, 1.82) is 0 Å². The van der Waals surface area contributed by atoms with Crippen molar-refractivity contribution >= 4 is 34.1 Å². The minimum absolute atomic E-state index is 0.000245. The molecule has 0 fully saturated rings. The number of alkyl halides is 3. The molecule has 0 saturated heterocycles. The topological polar surface area (TPSA) is 54.9 Å². The smallest absolute Gasteiger partial charge is 0.325 e. The number of carbonyl (C=O) groups excluding carboxylic acids is 1. The molecule has 4 rings (SSSR count). The van der Waals surface area contributed by atoms with Gasteiger partial charge < -0.3 is 5.32 Å². The van der Waals surface area contributed by atoms with Gasteiger partial charge in [0.2, 0.25) is 5.91 Å². The highest BCUT2D eigenvalue weighted by atomic mass is 32.2. The number of rotatable bonds is 5. The lowest BCUT2D eigenvalue weighted by Gasteiger charge is -2.09. The Balaban J connectivity index is 1.37. The van der Waals surface area contributed by atoms with Crippen LogP contribution in [0.25, 0.3) is 22.0 Å². The van der Waals surface area contributed by atoms with Gasteiger partial charge in [-0.25, -0.2) is 0 Å². The van der Waals surface area contributed by atoms with Crippen LogP contribution in [0.5, 0.6) is 0 Å². The van der Waals surface area contributed by atoms with Crippen molar-refractivity contribution in [3.8, 4) is 11.3 Å². The van der Waals surface area contributed by atoms with E-state index >= 15 is 0 Å².